The van der Waals surface area contributed by atoms with Gasteiger partial charge in [-0.25, -0.2) is 4.79 Å². The Balaban J connectivity index is 2.60. The van der Waals surface area contributed by atoms with Crippen molar-refractivity contribution in [2.75, 3.05) is 6.61 Å². The van der Waals surface area contributed by atoms with Gasteiger partial charge in [-0.1, -0.05) is 13.0 Å². The molecule has 0 saturated carbocycles. The number of carbonyl (C=O) groups excluding carboxylic acids is 1. The van der Waals surface area contributed by atoms with E-state index < -0.39 is 0 Å². The fraction of sp³-hybridized carbons (Fsp3) is 0.357. The van der Waals surface area contributed by atoms with Crippen LogP contribution >= 0.6 is 0 Å². The zero-order chi connectivity index (χ0) is 12.4. The monoisotopic (exact) mass is 231 g/mol. The van der Waals surface area contributed by atoms with Crippen molar-refractivity contribution in [3.8, 4) is 0 Å². The van der Waals surface area contributed by atoms with Gasteiger partial charge in [-0.3, -0.25) is 0 Å². The van der Waals surface area contributed by atoms with E-state index in [1.54, 1.807) is 0 Å². The van der Waals surface area contributed by atoms with E-state index in [1.165, 1.54) is 5.56 Å². The van der Waals surface area contributed by atoms with Crippen LogP contribution in [-0.2, 0) is 11.2 Å². The molecule has 0 radical (unpaired) electrons. The van der Waals surface area contributed by atoms with Gasteiger partial charge in [0.2, 0.25) is 0 Å². The number of carbonyl (C=O) groups is 1. The van der Waals surface area contributed by atoms with E-state index in [0.717, 1.165) is 23.0 Å². The molecule has 17 heavy (non-hydrogen) atoms. The number of ether oxygens (including phenoxy) is 1. The molecule has 0 bridgehead atoms. The standard InChI is InChI=1S/C14H17NO2/c1-4-10-6-7-12-11(8-10)13(9(3)15-12)14(16)17-5-2/h6-8,15H,4-5H2,1-3H3. The Morgan fingerprint density at radius 1 is 1.35 bits per heavy atom. The van der Waals surface area contributed by atoms with Gasteiger partial charge in [-0.15, -0.1) is 0 Å². The van der Waals surface area contributed by atoms with Crippen LogP contribution in [0.5, 0.6) is 0 Å². The number of benzene rings is 1. The smallest absolute Gasteiger partial charge is 0.340 e. The largest absolute Gasteiger partial charge is 0.462 e. The average Bonchev–Trinajstić information content (AvgIpc) is 2.64. The maximum Gasteiger partial charge on any atom is 0.340 e. The van der Waals surface area contributed by atoms with Gasteiger partial charge in [0, 0.05) is 16.6 Å². The summed E-state index contributed by atoms with van der Waals surface area (Å²) in [6.45, 7) is 6.22. The Labute approximate surface area is 101 Å². The summed E-state index contributed by atoms with van der Waals surface area (Å²) in [5, 5.41) is 0.959. The van der Waals surface area contributed by atoms with E-state index in [0.29, 0.717) is 12.2 Å². The van der Waals surface area contributed by atoms with Crippen LogP contribution in [0, 0.1) is 6.92 Å². The SMILES string of the molecule is CCOC(=O)c1c(C)[nH]c2ccc(CC)cc12. The second-order valence-corrected chi connectivity index (χ2v) is 4.08. The highest BCUT2D eigenvalue weighted by Crippen LogP contribution is 2.24. The number of fused-ring (bicyclic) bond motifs is 1. The van der Waals surface area contributed by atoms with Crippen molar-refractivity contribution in [2.24, 2.45) is 0 Å². The number of esters is 1. The van der Waals surface area contributed by atoms with E-state index in [1.807, 2.05) is 19.9 Å². The van der Waals surface area contributed by atoms with Gasteiger partial charge >= 0.3 is 5.97 Å². The third-order valence-electron chi connectivity index (χ3n) is 2.94. The lowest BCUT2D eigenvalue weighted by molar-refractivity contribution is 0.0528. The number of hydrogen-bond acceptors (Lipinski definition) is 2. The highest BCUT2D eigenvalue weighted by molar-refractivity contribution is 6.05. The van der Waals surface area contributed by atoms with Crippen molar-refractivity contribution in [1.82, 2.24) is 4.98 Å². The summed E-state index contributed by atoms with van der Waals surface area (Å²) < 4.78 is 5.09. The first kappa shape index (κ1) is 11.7. The molecule has 0 amide bonds. The Kier molecular flexibility index (Phi) is 3.18. The van der Waals surface area contributed by atoms with E-state index >= 15 is 0 Å². The third-order valence-corrected chi connectivity index (χ3v) is 2.94. The Morgan fingerprint density at radius 2 is 2.12 bits per heavy atom. The van der Waals surface area contributed by atoms with Crippen LogP contribution in [0.25, 0.3) is 10.9 Å². The summed E-state index contributed by atoms with van der Waals surface area (Å²) in [4.78, 5) is 15.1. The second-order valence-electron chi connectivity index (χ2n) is 4.08. The van der Waals surface area contributed by atoms with E-state index in [-0.39, 0.29) is 5.97 Å². The minimum atomic E-state index is -0.246. The molecular weight excluding hydrogens is 214 g/mol. The predicted molar refractivity (Wildman–Crippen MR) is 68.4 cm³/mol. The second kappa shape index (κ2) is 4.62. The first-order chi connectivity index (χ1) is 8.17. The zero-order valence-electron chi connectivity index (χ0n) is 10.5. The summed E-state index contributed by atoms with van der Waals surface area (Å²) in [6, 6.07) is 6.15. The molecule has 90 valence electrons. The highest BCUT2D eigenvalue weighted by Gasteiger charge is 2.16. The number of rotatable bonds is 3. The highest BCUT2D eigenvalue weighted by atomic mass is 16.5. The number of aromatic amines is 1. The molecule has 1 N–H and O–H groups in total. The minimum absolute atomic E-state index is 0.246. The van der Waals surface area contributed by atoms with Crippen LogP contribution in [0.4, 0.5) is 0 Å². The summed E-state index contributed by atoms with van der Waals surface area (Å²) in [6.07, 6.45) is 0.961. The van der Waals surface area contributed by atoms with Crippen molar-refractivity contribution in [3.05, 3.63) is 35.0 Å². The van der Waals surface area contributed by atoms with Crippen molar-refractivity contribution >= 4 is 16.9 Å². The molecule has 2 aromatic rings. The van der Waals surface area contributed by atoms with Crippen LogP contribution < -0.4 is 0 Å². The fourth-order valence-corrected chi connectivity index (χ4v) is 2.06. The lowest BCUT2D eigenvalue weighted by Crippen LogP contribution is -2.05. The molecule has 0 unspecified atom stereocenters. The molecule has 1 heterocycles. The number of hydrogen-bond donors (Lipinski definition) is 1. The third kappa shape index (κ3) is 2.05. The van der Waals surface area contributed by atoms with Crippen LogP contribution in [0.2, 0.25) is 0 Å². The van der Waals surface area contributed by atoms with Gasteiger partial charge in [0.15, 0.2) is 0 Å². The van der Waals surface area contributed by atoms with E-state index in [4.69, 9.17) is 4.74 Å². The predicted octanol–water partition coefficient (Wildman–Crippen LogP) is 3.22. The number of H-pyrrole nitrogens is 1. The van der Waals surface area contributed by atoms with Crippen molar-refractivity contribution in [1.29, 1.82) is 0 Å². The van der Waals surface area contributed by atoms with Gasteiger partial charge in [0.1, 0.15) is 0 Å². The van der Waals surface area contributed by atoms with Crippen molar-refractivity contribution in [3.63, 3.8) is 0 Å². The zero-order valence-corrected chi connectivity index (χ0v) is 10.5. The molecule has 0 aliphatic heterocycles. The lowest BCUT2D eigenvalue weighted by atomic mass is 10.1. The molecule has 3 nitrogen and oxygen atoms in total. The van der Waals surface area contributed by atoms with Crippen LogP contribution in [-0.4, -0.2) is 17.6 Å². The molecular formula is C14H17NO2. The van der Waals surface area contributed by atoms with Crippen LogP contribution in [0.15, 0.2) is 18.2 Å². The average molecular weight is 231 g/mol. The normalized spacial score (nSPS) is 10.8. The van der Waals surface area contributed by atoms with Gasteiger partial charge in [0.05, 0.1) is 12.2 Å². The van der Waals surface area contributed by atoms with Crippen molar-refractivity contribution in [2.45, 2.75) is 27.2 Å². The number of aromatic nitrogens is 1. The minimum Gasteiger partial charge on any atom is -0.462 e. The maximum absolute atomic E-state index is 11.9. The molecule has 0 fully saturated rings. The quantitative estimate of drug-likeness (QED) is 0.824. The molecule has 0 aliphatic rings. The van der Waals surface area contributed by atoms with E-state index in [9.17, 15) is 4.79 Å². The summed E-state index contributed by atoms with van der Waals surface area (Å²) >= 11 is 0. The summed E-state index contributed by atoms with van der Waals surface area (Å²) in [5.41, 5.74) is 3.74. The van der Waals surface area contributed by atoms with Gasteiger partial charge in [0.25, 0.3) is 0 Å². The Bertz CT molecular complexity index is 555. The molecule has 1 aromatic heterocycles. The molecule has 3 heteroatoms. The van der Waals surface area contributed by atoms with Crippen molar-refractivity contribution < 1.29 is 9.53 Å². The summed E-state index contributed by atoms with van der Waals surface area (Å²) in [7, 11) is 0. The molecule has 0 saturated heterocycles. The van der Waals surface area contributed by atoms with Crippen LogP contribution in [0.3, 0.4) is 0 Å². The maximum atomic E-state index is 11.9. The fourth-order valence-electron chi connectivity index (χ4n) is 2.06. The lowest BCUT2D eigenvalue weighted by Gasteiger charge is -2.02. The molecule has 1 aromatic carbocycles. The van der Waals surface area contributed by atoms with Gasteiger partial charge in [-0.05, 0) is 38.0 Å². The molecule has 0 aliphatic carbocycles. The van der Waals surface area contributed by atoms with Gasteiger partial charge in [-0.2, -0.15) is 0 Å². The number of nitrogens with one attached hydrogen (secondary N) is 1. The Hall–Kier alpha value is -1.77. The van der Waals surface area contributed by atoms with Crippen LogP contribution in [0.1, 0.15) is 35.5 Å². The number of aryl methyl sites for hydroxylation is 2. The van der Waals surface area contributed by atoms with E-state index in [2.05, 4.69) is 24.0 Å². The summed E-state index contributed by atoms with van der Waals surface area (Å²) in [5.74, 6) is -0.246. The molecule has 0 spiro atoms. The first-order valence-corrected chi connectivity index (χ1v) is 5.95. The Morgan fingerprint density at radius 3 is 2.76 bits per heavy atom. The first-order valence-electron chi connectivity index (χ1n) is 5.95. The topological polar surface area (TPSA) is 42.1 Å². The van der Waals surface area contributed by atoms with Gasteiger partial charge < -0.3 is 9.72 Å². The molecule has 2 rings (SSSR count). The molecule has 0 atom stereocenters.